The Labute approximate surface area is 145 Å². The van der Waals surface area contributed by atoms with Crippen molar-refractivity contribution in [3.63, 3.8) is 0 Å². The van der Waals surface area contributed by atoms with Crippen molar-refractivity contribution in [2.75, 3.05) is 0 Å². The molecule has 25 heavy (non-hydrogen) atoms. The highest BCUT2D eigenvalue weighted by atomic mass is 16.6. The maximum atomic E-state index is 11.6. The minimum atomic E-state index is -0.480. The molecule has 128 valence electrons. The van der Waals surface area contributed by atoms with E-state index >= 15 is 0 Å². The summed E-state index contributed by atoms with van der Waals surface area (Å²) in [6.45, 7) is 2.08. The first kappa shape index (κ1) is 17.0. The van der Waals surface area contributed by atoms with Gasteiger partial charge in [-0.2, -0.15) is 0 Å². The second-order valence-corrected chi connectivity index (χ2v) is 6.35. The number of aryl methyl sites for hydroxylation is 1. The Morgan fingerprint density at radius 2 is 1.80 bits per heavy atom. The first-order chi connectivity index (χ1) is 12.0. The molecule has 2 aliphatic carbocycles. The van der Waals surface area contributed by atoms with Crippen LogP contribution < -0.4 is 0 Å². The first-order valence-corrected chi connectivity index (χ1v) is 8.44. The summed E-state index contributed by atoms with van der Waals surface area (Å²) in [5, 5.41) is 10.4. The van der Waals surface area contributed by atoms with Crippen molar-refractivity contribution in [1.82, 2.24) is 0 Å². The molecule has 2 aromatic rings. The van der Waals surface area contributed by atoms with E-state index < -0.39 is 4.92 Å². The molecule has 1 unspecified atom stereocenters. The lowest BCUT2D eigenvalue weighted by molar-refractivity contribution is -0.384. The fourth-order valence-corrected chi connectivity index (χ4v) is 3.38. The van der Waals surface area contributed by atoms with Gasteiger partial charge in [0.25, 0.3) is 5.69 Å². The molecule has 0 saturated heterocycles. The van der Waals surface area contributed by atoms with Gasteiger partial charge in [-0.1, -0.05) is 37.3 Å². The third-order valence-electron chi connectivity index (χ3n) is 4.84. The van der Waals surface area contributed by atoms with Crippen molar-refractivity contribution in [1.29, 1.82) is 0 Å². The van der Waals surface area contributed by atoms with Crippen molar-refractivity contribution in [3.05, 3.63) is 74.8 Å². The van der Waals surface area contributed by atoms with Gasteiger partial charge in [0.1, 0.15) is 0 Å². The van der Waals surface area contributed by atoms with Crippen LogP contribution in [-0.2, 0) is 12.8 Å². The molecule has 0 fully saturated rings. The Balaban J connectivity index is 0.000000146. The van der Waals surface area contributed by atoms with Gasteiger partial charge in [0, 0.05) is 35.6 Å². The predicted octanol–water partition coefficient (Wildman–Crippen LogP) is 4.18. The molecule has 2 aliphatic rings. The number of nitrogens with zero attached hydrogens (tertiary/aromatic N) is 1. The number of hydrogen-bond donors (Lipinski definition) is 0. The summed E-state index contributed by atoms with van der Waals surface area (Å²) in [7, 11) is 0. The highest BCUT2D eigenvalue weighted by Gasteiger charge is 2.28. The molecule has 2 aromatic carbocycles. The summed E-state index contributed by atoms with van der Waals surface area (Å²) in [5.41, 5.74) is 3.62. The summed E-state index contributed by atoms with van der Waals surface area (Å²) < 4.78 is 0. The summed E-state index contributed by atoms with van der Waals surface area (Å²) >= 11 is 0. The van der Waals surface area contributed by atoms with E-state index in [0.29, 0.717) is 24.2 Å². The van der Waals surface area contributed by atoms with Crippen LogP contribution in [0.1, 0.15) is 51.6 Å². The van der Waals surface area contributed by atoms with Gasteiger partial charge in [-0.05, 0) is 30.4 Å². The number of carbonyl (C=O) groups excluding carboxylic acids is 2. The van der Waals surface area contributed by atoms with Gasteiger partial charge < -0.3 is 0 Å². The highest BCUT2D eigenvalue weighted by Crippen LogP contribution is 2.28. The lowest BCUT2D eigenvalue weighted by Crippen LogP contribution is -2.06. The van der Waals surface area contributed by atoms with E-state index in [0.717, 1.165) is 24.0 Å². The van der Waals surface area contributed by atoms with Crippen LogP contribution in [0.3, 0.4) is 0 Å². The molecule has 0 N–H and O–H groups in total. The Bertz CT molecular complexity index is 857. The number of fused-ring (bicyclic) bond motifs is 2. The third-order valence-corrected chi connectivity index (χ3v) is 4.84. The Morgan fingerprint density at radius 1 is 1.04 bits per heavy atom. The molecule has 0 aliphatic heterocycles. The number of hydrogen-bond acceptors (Lipinski definition) is 4. The van der Waals surface area contributed by atoms with Gasteiger partial charge >= 0.3 is 0 Å². The molecule has 0 spiro atoms. The highest BCUT2D eigenvalue weighted by molar-refractivity contribution is 6.02. The van der Waals surface area contributed by atoms with E-state index in [4.69, 9.17) is 0 Å². The Kier molecular flexibility index (Phi) is 4.74. The van der Waals surface area contributed by atoms with Gasteiger partial charge in [0.05, 0.1) is 4.92 Å². The summed E-state index contributed by atoms with van der Waals surface area (Å²) in [4.78, 5) is 32.8. The molecule has 5 nitrogen and oxygen atoms in total. The van der Waals surface area contributed by atoms with E-state index in [-0.39, 0.29) is 17.4 Å². The van der Waals surface area contributed by atoms with E-state index in [1.54, 1.807) is 6.07 Å². The standard InChI is InChI=1S/C11H12O.C9H7NO3/c1-2-8-7-9-5-3-4-6-10(9)11(8)12;11-9-4-2-6-1-3-7(10(12)13)5-8(6)9/h3-6,8H,2,7H2,1H3;1,3,5H,2,4H2. The quantitative estimate of drug-likeness (QED) is 0.608. The number of nitro groups is 1. The molecule has 4 rings (SSSR count). The molecule has 0 radical (unpaired) electrons. The van der Waals surface area contributed by atoms with Crippen LogP contribution in [0, 0.1) is 16.0 Å². The van der Waals surface area contributed by atoms with Crippen molar-refractivity contribution < 1.29 is 14.5 Å². The summed E-state index contributed by atoms with van der Waals surface area (Å²) in [6.07, 6.45) is 3.11. The average molecular weight is 337 g/mol. The molecule has 0 saturated carbocycles. The molecule has 0 bridgehead atoms. The molecule has 0 heterocycles. The maximum absolute atomic E-state index is 11.6. The molecule has 1 atom stereocenters. The lowest BCUT2D eigenvalue weighted by Gasteiger charge is -2.00. The smallest absolute Gasteiger partial charge is 0.270 e. The monoisotopic (exact) mass is 337 g/mol. The minimum absolute atomic E-state index is 0.00556. The second kappa shape index (κ2) is 6.97. The van der Waals surface area contributed by atoms with Crippen LogP contribution >= 0.6 is 0 Å². The van der Waals surface area contributed by atoms with Gasteiger partial charge in [0.15, 0.2) is 11.6 Å². The van der Waals surface area contributed by atoms with Crippen molar-refractivity contribution in [3.8, 4) is 0 Å². The number of ketones is 2. The molecular formula is C20H19NO4. The average Bonchev–Trinajstić information content (AvgIpc) is 3.16. The van der Waals surface area contributed by atoms with E-state index in [1.165, 1.54) is 17.7 Å². The van der Waals surface area contributed by atoms with Gasteiger partial charge in [-0.25, -0.2) is 0 Å². The SMILES string of the molecule is CCC1Cc2ccccc2C1=O.O=C1CCc2ccc([N+](=O)[O-])cc21. The van der Waals surface area contributed by atoms with E-state index in [9.17, 15) is 19.7 Å². The van der Waals surface area contributed by atoms with Crippen LogP contribution in [0.5, 0.6) is 0 Å². The molecular weight excluding hydrogens is 318 g/mol. The maximum Gasteiger partial charge on any atom is 0.270 e. The predicted molar refractivity (Wildman–Crippen MR) is 94.0 cm³/mol. The number of carbonyl (C=O) groups is 2. The van der Waals surface area contributed by atoms with Crippen LogP contribution in [-0.4, -0.2) is 16.5 Å². The number of non-ortho nitro benzene ring substituents is 1. The molecule has 0 amide bonds. The van der Waals surface area contributed by atoms with Crippen LogP contribution in [0.25, 0.3) is 0 Å². The normalized spacial score (nSPS) is 17.6. The van der Waals surface area contributed by atoms with Gasteiger partial charge in [-0.3, -0.25) is 19.7 Å². The summed E-state index contributed by atoms with van der Waals surface area (Å²) in [5.74, 6) is 0.606. The second-order valence-electron chi connectivity index (χ2n) is 6.35. The number of Topliss-reactive ketones (excluding diaryl/α,β-unsaturated/α-hetero) is 2. The minimum Gasteiger partial charge on any atom is -0.294 e. The number of benzene rings is 2. The number of rotatable bonds is 2. The molecule has 5 heteroatoms. The topological polar surface area (TPSA) is 77.3 Å². The van der Waals surface area contributed by atoms with Gasteiger partial charge in [-0.15, -0.1) is 0 Å². The fraction of sp³-hybridized carbons (Fsp3) is 0.300. The first-order valence-electron chi connectivity index (χ1n) is 8.44. The molecule has 0 aromatic heterocycles. The van der Waals surface area contributed by atoms with E-state index in [1.807, 2.05) is 18.2 Å². The summed E-state index contributed by atoms with van der Waals surface area (Å²) in [6, 6.07) is 12.4. The zero-order chi connectivity index (χ0) is 18.0. The number of nitro benzene ring substituents is 1. The lowest BCUT2D eigenvalue weighted by atomic mass is 10.0. The largest absolute Gasteiger partial charge is 0.294 e. The Hall–Kier alpha value is -2.82. The van der Waals surface area contributed by atoms with Crippen LogP contribution in [0.15, 0.2) is 42.5 Å². The van der Waals surface area contributed by atoms with E-state index in [2.05, 4.69) is 13.0 Å². The zero-order valence-corrected chi connectivity index (χ0v) is 14.0. The zero-order valence-electron chi connectivity index (χ0n) is 14.0. The van der Waals surface area contributed by atoms with Crippen LogP contribution in [0.4, 0.5) is 5.69 Å². The fourth-order valence-electron chi connectivity index (χ4n) is 3.38. The van der Waals surface area contributed by atoms with Crippen molar-refractivity contribution >= 4 is 17.3 Å². The third kappa shape index (κ3) is 3.36. The van der Waals surface area contributed by atoms with Crippen LogP contribution in [0.2, 0.25) is 0 Å². The van der Waals surface area contributed by atoms with Crippen molar-refractivity contribution in [2.24, 2.45) is 5.92 Å². The van der Waals surface area contributed by atoms with Gasteiger partial charge in [0.2, 0.25) is 0 Å². The Morgan fingerprint density at radius 3 is 2.48 bits per heavy atom. The van der Waals surface area contributed by atoms with Crippen molar-refractivity contribution in [2.45, 2.75) is 32.6 Å².